The number of aromatic nitrogens is 2. The molecule has 0 fully saturated rings. The van der Waals surface area contributed by atoms with Gasteiger partial charge in [0.1, 0.15) is 11.3 Å². The summed E-state index contributed by atoms with van der Waals surface area (Å²) in [5, 5.41) is 9.13. The van der Waals surface area contributed by atoms with Crippen LogP contribution in [0.25, 0.3) is 11.4 Å². The fourth-order valence-corrected chi connectivity index (χ4v) is 2.11. The average Bonchev–Trinajstić information content (AvgIpc) is 2.37. The second kappa shape index (κ2) is 5.91. The fourth-order valence-electron chi connectivity index (χ4n) is 2.11. The highest BCUT2D eigenvalue weighted by Gasteiger charge is 2.15. The maximum Gasteiger partial charge on any atom is 0.339 e. The van der Waals surface area contributed by atoms with Crippen molar-refractivity contribution >= 4 is 5.97 Å². The van der Waals surface area contributed by atoms with E-state index in [1.807, 2.05) is 38.1 Å². The molecular formula is C16H18N2O3. The van der Waals surface area contributed by atoms with Crippen LogP contribution in [0.4, 0.5) is 0 Å². The molecule has 0 radical (unpaired) electrons. The quantitative estimate of drug-likeness (QED) is 0.934. The lowest BCUT2D eigenvalue weighted by Gasteiger charge is -2.11. The minimum Gasteiger partial charge on any atom is -0.491 e. The number of hydrogen-bond acceptors (Lipinski definition) is 4. The van der Waals surface area contributed by atoms with Crippen molar-refractivity contribution in [1.82, 2.24) is 9.97 Å². The molecule has 1 aromatic carbocycles. The van der Waals surface area contributed by atoms with Gasteiger partial charge in [-0.15, -0.1) is 0 Å². The van der Waals surface area contributed by atoms with Crippen LogP contribution < -0.4 is 4.74 Å². The number of hydrogen-bond donors (Lipinski definition) is 1. The zero-order chi connectivity index (χ0) is 15.6. The molecule has 1 aromatic heterocycles. The number of aromatic carboxylic acids is 1. The largest absolute Gasteiger partial charge is 0.491 e. The minimum atomic E-state index is -1.00. The lowest BCUT2D eigenvalue weighted by Crippen LogP contribution is -2.08. The van der Waals surface area contributed by atoms with E-state index in [0.717, 1.165) is 11.3 Å². The molecule has 0 saturated carbocycles. The molecule has 1 heterocycles. The van der Waals surface area contributed by atoms with Gasteiger partial charge in [-0.25, -0.2) is 14.8 Å². The van der Waals surface area contributed by atoms with E-state index < -0.39 is 5.97 Å². The summed E-state index contributed by atoms with van der Waals surface area (Å²) in [6, 6.07) is 7.45. The maximum absolute atomic E-state index is 11.1. The van der Waals surface area contributed by atoms with Crippen LogP contribution in [-0.2, 0) is 0 Å². The van der Waals surface area contributed by atoms with E-state index in [0.29, 0.717) is 17.2 Å². The van der Waals surface area contributed by atoms with Crippen LogP contribution in [0.5, 0.6) is 5.75 Å². The van der Waals surface area contributed by atoms with Crippen molar-refractivity contribution in [1.29, 1.82) is 0 Å². The first-order chi connectivity index (χ1) is 9.88. The van der Waals surface area contributed by atoms with Gasteiger partial charge in [-0.1, -0.05) is 0 Å². The SMILES string of the molecule is Cc1nc(-c2ccc(OC(C)C)cc2)nc(C)c1C(=O)O. The summed E-state index contributed by atoms with van der Waals surface area (Å²) in [6.45, 7) is 7.29. The van der Waals surface area contributed by atoms with Gasteiger partial charge in [-0.2, -0.15) is 0 Å². The lowest BCUT2D eigenvalue weighted by atomic mass is 10.1. The van der Waals surface area contributed by atoms with E-state index in [2.05, 4.69) is 9.97 Å². The first kappa shape index (κ1) is 15.0. The van der Waals surface area contributed by atoms with Crippen LogP contribution in [0, 0.1) is 13.8 Å². The average molecular weight is 286 g/mol. The first-order valence-corrected chi connectivity index (χ1v) is 6.74. The van der Waals surface area contributed by atoms with Gasteiger partial charge >= 0.3 is 5.97 Å². The smallest absolute Gasteiger partial charge is 0.339 e. The van der Waals surface area contributed by atoms with Crippen molar-refractivity contribution in [2.24, 2.45) is 0 Å². The highest BCUT2D eigenvalue weighted by atomic mass is 16.5. The van der Waals surface area contributed by atoms with Crippen molar-refractivity contribution in [3.63, 3.8) is 0 Å². The molecule has 0 aliphatic rings. The monoisotopic (exact) mass is 286 g/mol. The third-order valence-corrected chi connectivity index (χ3v) is 2.97. The van der Waals surface area contributed by atoms with Crippen LogP contribution in [0.2, 0.25) is 0 Å². The van der Waals surface area contributed by atoms with Gasteiger partial charge in [0.05, 0.1) is 17.5 Å². The molecular weight excluding hydrogens is 268 g/mol. The molecule has 1 N–H and O–H groups in total. The zero-order valence-electron chi connectivity index (χ0n) is 12.5. The van der Waals surface area contributed by atoms with Gasteiger partial charge in [-0.05, 0) is 52.0 Å². The third kappa shape index (κ3) is 3.37. The predicted molar refractivity (Wildman–Crippen MR) is 79.7 cm³/mol. The number of carbonyl (C=O) groups is 1. The Labute approximate surface area is 123 Å². The predicted octanol–water partition coefficient (Wildman–Crippen LogP) is 3.25. The molecule has 2 aromatic rings. The molecule has 0 amide bonds. The Bertz CT molecular complexity index is 641. The molecule has 5 nitrogen and oxygen atoms in total. The maximum atomic E-state index is 11.1. The summed E-state index contributed by atoms with van der Waals surface area (Å²) < 4.78 is 5.58. The molecule has 0 bridgehead atoms. The second-order valence-corrected chi connectivity index (χ2v) is 5.09. The van der Waals surface area contributed by atoms with E-state index in [1.54, 1.807) is 13.8 Å². The van der Waals surface area contributed by atoms with Crippen molar-refractivity contribution in [2.75, 3.05) is 0 Å². The number of aryl methyl sites for hydroxylation is 2. The Balaban J connectivity index is 2.36. The summed E-state index contributed by atoms with van der Waals surface area (Å²) >= 11 is 0. The standard InChI is InChI=1S/C16H18N2O3/c1-9(2)21-13-7-5-12(6-8-13)15-17-10(3)14(16(19)20)11(4)18-15/h5-9H,1-4H3,(H,19,20). The molecule has 0 spiro atoms. The Kier molecular flexibility index (Phi) is 4.21. The van der Waals surface area contributed by atoms with Gasteiger partial charge in [-0.3, -0.25) is 0 Å². The molecule has 110 valence electrons. The number of rotatable bonds is 4. The number of carboxylic acids is 1. The molecule has 5 heteroatoms. The second-order valence-electron chi connectivity index (χ2n) is 5.09. The van der Waals surface area contributed by atoms with Crippen LogP contribution in [0.3, 0.4) is 0 Å². The molecule has 2 rings (SSSR count). The third-order valence-electron chi connectivity index (χ3n) is 2.97. The normalized spacial score (nSPS) is 10.7. The van der Waals surface area contributed by atoms with Crippen LogP contribution in [-0.4, -0.2) is 27.1 Å². The Morgan fingerprint density at radius 2 is 1.62 bits per heavy atom. The van der Waals surface area contributed by atoms with Crippen LogP contribution in [0.15, 0.2) is 24.3 Å². The summed E-state index contributed by atoms with van der Waals surface area (Å²) in [5.74, 6) is 0.299. The highest BCUT2D eigenvalue weighted by molar-refractivity contribution is 5.90. The topological polar surface area (TPSA) is 72.3 Å². The molecule has 0 saturated heterocycles. The van der Waals surface area contributed by atoms with Gasteiger partial charge in [0.15, 0.2) is 5.82 Å². The molecule has 0 unspecified atom stereocenters. The van der Waals surface area contributed by atoms with Crippen LogP contribution in [0.1, 0.15) is 35.6 Å². The van der Waals surface area contributed by atoms with E-state index in [-0.39, 0.29) is 11.7 Å². The van der Waals surface area contributed by atoms with Crippen molar-refractivity contribution in [3.8, 4) is 17.1 Å². The van der Waals surface area contributed by atoms with Crippen molar-refractivity contribution in [3.05, 3.63) is 41.2 Å². The Morgan fingerprint density at radius 1 is 1.10 bits per heavy atom. The first-order valence-electron chi connectivity index (χ1n) is 6.74. The summed E-state index contributed by atoms with van der Waals surface area (Å²) in [7, 11) is 0. The molecule has 0 aliphatic heterocycles. The molecule has 0 atom stereocenters. The van der Waals surface area contributed by atoms with Gasteiger partial charge in [0, 0.05) is 5.56 Å². The van der Waals surface area contributed by atoms with E-state index in [9.17, 15) is 4.79 Å². The van der Waals surface area contributed by atoms with Crippen LogP contribution >= 0.6 is 0 Å². The Morgan fingerprint density at radius 3 is 2.05 bits per heavy atom. The van der Waals surface area contributed by atoms with Gasteiger partial charge < -0.3 is 9.84 Å². The van der Waals surface area contributed by atoms with E-state index >= 15 is 0 Å². The van der Waals surface area contributed by atoms with E-state index in [1.165, 1.54) is 0 Å². The van der Waals surface area contributed by atoms with Crippen molar-refractivity contribution < 1.29 is 14.6 Å². The fraction of sp³-hybridized carbons (Fsp3) is 0.312. The van der Waals surface area contributed by atoms with Crippen molar-refractivity contribution in [2.45, 2.75) is 33.8 Å². The summed E-state index contributed by atoms with van der Waals surface area (Å²) in [6.07, 6.45) is 0.117. The molecule has 21 heavy (non-hydrogen) atoms. The zero-order valence-corrected chi connectivity index (χ0v) is 12.5. The number of nitrogens with zero attached hydrogens (tertiary/aromatic N) is 2. The minimum absolute atomic E-state index is 0.117. The summed E-state index contributed by atoms with van der Waals surface area (Å²) in [4.78, 5) is 19.7. The van der Waals surface area contributed by atoms with E-state index in [4.69, 9.17) is 9.84 Å². The van der Waals surface area contributed by atoms with Gasteiger partial charge in [0.2, 0.25) is 0 Å². The van der Waals surface area contributed by atoms with Gasteiger partial charge in [0.25, 0.3) is 0 Å². The number of benzene rings is 1. The Hall–Kier alpha value is -2.43. The highest BCUT2D eigenvalue weighted by Crippen LogP contribution is 2.22. The summed E-state index contributed by atoms with van der Waals surface area (Å²) in [5.41, 5.74) is 1.92. The number of carboxylic acid groups (broad SMARTS) is 1. The molecule has 0 aliphatic carbocycles. The number of ether oxygens (including phenoxy) is 1. The lowest BCUT2D eigenvalue weighted by molar-refractivity contribution is 0.0694.